The van der Waals surface area contributed by atoms with Gasteiger partial charge < -0.3 is 14.5 Å². The SMILES string of the molecule is COC(=O)c1ccc(Cl)c(NC(=O)CCc2ncc(-c3ccc(Cl)cc3Cl)o2)c1. The Kier molecular flexibility index (Phi) is 6.79. The van der Waals surface area contributed by atoms with Crippen molar-refractivity contribution in [2.45, 2.75) is 12.8 Å². The Labute approximate surface area is 181 Å². The maximum absolute atomic E-state index is 12.3. The Balaban J connectivity index is 1.63. The Morgan fingerprint density at radius 2 is 1.90 bits per heavy atom. The topological polar surface area (TPSA) is 81.4 Å². The summed E-state index contributed by atoms with van der Waals surface area (Å²) in [5.74, 6) is 0.0370. The quantitative estimate of drug-likeness (QED) is 0.487. The number of nitrogens with one attached hydrogen (secondary N) is 1. The van der Waals surface area contributed by atoms with Gasteiger partial charge in [-0.3, -0.25) is 4.79 Å². The van der Waals surface area contributed by atoms with Gasteiger partial charge in [0, 0.05) is 23.4 Å². The van der Waals surface area contributed by atoms with E-state index < -0.39 is 5.97 Å². The highest BCUT2D eigenvalue weighted by atomic mass is 35.5. The molecule has 1 amide bonds. The summed E-state index contributed by atoms with van der Waals surface area (Å²) in [5, 5.41) is 3.94. The molecule has 0 saturated heterocycles. The van der Waals surface area contributed by atoms with Crippen LogP contribution in [0.15, 0.2) is 47.0 Å². The molecule has 2 aromatic carbocycles. The maximum Gasteiger partial charge on any atom is 0.337 e. The fraction of sp³-hybridized carbons (Fsp3) is 0.150. The first kappa shape index (κ1) is 21.2. The van der Waals surface area contributed by atoms with Gasteiger partial charge in [0.15, 0.2) is 11.7 Å². The van der Waals surface area contributed by atoms with E-state index >= 15 is 0 Å². The average molecular weight is 454 g/mol. The van der Waals surface area contributed by atoms with Crippen molar-refractivity contribution < 1.29 is 18.7 Å². The van der Waals surface area contributed by atoms with Crippen LogP contribution in [0.1, 0.15) is 22.7 Å². The van der Waals surface area contributed by atoms with Gasteiger partial charge >= 0.3 is 5.97 Å². The number of halogens is 3. The van der Waals surface area contributed by atoms with Gasteiger partial charge in [-0.2, -0.15) is 0 Å². The predicted octanol–water partition coefficient (Wildman–Crippen LogP) is 5.66. The zero-order valence-corrected chi connectivity index (χ0v) is 17.4. The number of nitrogens with zero attached hydrogens (tertiary/aromatic N) is 1. The molecule has 0 unspecified atom stereocenters. The van der Waals surface area contributed by atoms with E-state index in [9.17, 15) is 9.59 Å². The fourth-order valence-corrected chi connectivity index (χ4v) is 3.21. The van der Waals surface area contributed by atoms with Crippen molar-refractivity contribution in [1.82, 2.24) is 4.98 Å². The van der Waals surface area contributed by atoms with Crippen molar-refractivity contribution in [2.75, 3.05) is 12.4 Å². The summed E-state index contributed by atoms with van der Waals surface area (Å²) < 4.78 is 10.3. The number of esters is 1. The number of ether oxygens (including phenoxy) is 1. The molecular weight excluding hydrogens is 439 g/mol. The first-order chi connectivity index (χ1) is 13.9. The van der Waals surface area contributed by atoms with Crippen molar-refractivity contribution in [2.24, 2.45) is 0 Å². The second-order valence-corrected chi connectivity index (χ2v) is 7.23. The molecule has 0 aliphatic heterocycles. The van der Waals surface area contributed by atoms with Crippen molar-refractivity contribution in [1.29, 1.82) is 0 Å². The lowest BCUT2D eigenvalue weighted by Crippen LogP contribution is -2.13. The summed E-state index contributed by atoms with van der Waals surface area (Å²) in [4.78, 5) is 28.1. The number of carbonyl (C=O) groups excluding carboxylic acids is 2. The van der Waals surface area contributed by atoms with Crippen LogP contribution < -0.4 is 5.32 Å². The molecule has 9 heteroatoms. The number of hydrogen-bond donors (Lipinski definition) is 1. The Bertz CT molecular complexity index is 1070. The number of rotatable bonds is 6. The first-order valence-electron chi connectivity index (χ1n) is 8.45. The first-order valence-corrected chi connectivity index (χ1v) is 9.58. The van der Waals surface area contributed by atoms with Gasteiger partial charge in [0.2, 0.25) is 5.91 Å². The molecule has 0 saturated carbocycles. The molecule has 6 nitrogen and oxygen atoms in total. The van der Waals surface area contributed by atoms with Crippen LogP contribution in [0, 0.1) is 0 Å². The average Bonchev–Trinajstić information content (AvgIpc) is 3.16. The van der Waals surface area contributed by atoms with Crippen LogP contribution in [0.5, 0.6) is 0 Å². The molecule has 1 N–H and O–H groups in total. The van der Waals surface area contributed by atoms with Crippen LogP contribution >= 0.6 is 34.8 Å². The summed E-state index contributed by atoms with van der Waals surface area (Å²) in [6.07, 6.45) is 1.91. The molecule has 29 heavy (non-hydrogen) atoms. The van der Waals surface area contributed by atoms with Gasteiger partial charge in [0.1, 0.15) is 0 Å². The molecule has 0 aliphatic carbocycles. The summed E-state index contributed by atoms with van der Waals surface area (Å²) >= 11 is 18.1. The van der Waals surface area contributed by atoms with E-state index in [0.29, 0.717) is 38.0 Å². The van der Waals surface area contributed by atoms with Crippen LogP contribution in [0.3, 0.4) is 0 Å². The third-order valence-corrected chi connectivity index (χ3v) is 4.86. The number of aromatic nitrogens is 1. The van der Waals surface area contributed by atoms with Crippen molar-refractivity contribution in [3.05, 3.63) is 69.1 Å². The predicted molar refractivity (Wildman–Crippen MR) is 112 cm³/mol. The van der Waals surface area contributed by atoms with E-state index in [0.717, 1.165) is 0 Å². The Morgan fingerprint density at radius 1 is 1.10 bits per heavy atom. The molecule has 0 atom stereocenters. The zero-order chi connectivity index (χ0) is 21.0. The van der Waals surface area contributed by atoms with Crippen molar-refractivity contribution >= 4 is 52.4 Å². The fourth-order valence-electron chi connectivity index (χ4n) is 2.54. The van der Waals surface area contributed by atoms with E-state index in [1.165, 1.54) is 25.3 Å². The van der Waals surface area contributed by atoms with E-state index in [-0.39, 0.29) is 24.3 Å². The maximum atomic E-state index is 12.3. The number of hydrogen-bond acceptors (Lipinski definition) is 5. The van der Waals surface area contributed by atoms with E-state index in [1.807, 2.05) is 0 Å². The van der Waals surface area contributed by atoms with Gasteiger partial charge in [-0.05, 0) is 36.4 Å². The van der Waals surface area contributed by atoms with Gasteiger partial charge in [0.05, 0.1) is 34.6 Å². The van der Waals surface area contributed by atoms with Gasteiger partial charge in [0.25, 0.3) is 0 Å². The minimum Gasteiger partial charge on any atom is -0.465 e. The molecule has 0 bridgehead atoms. The summed E-state index contributed by atoms with van der Waals surface area (Å²) in [7, 11) is 1.27. The van der Waals surface area contributed by atoms with Crippen LogP contribution in [-0.4, -0.2) is 24.0 Å². The lowest BCUT2D eigenvalue weighted by molar-refractivity contribution is -0.116. The third-order valence-electron chi connectivity index (χ3n) is 3.98. The van der Waals surface area contributed by atoms with Crippen molar-refractivity contribution in [3.63, 3.8) is 0 Å². The Hall–Kier alpha value is -2.54. The highest BCUT2D eigenvalue weighted by Gasteiger charge is 2.14. The normalized spacial score (nSPS) is 10.6. The molecule has 3 aromatic rings. The van der Waals surface area contributed by atoms with E-state index in [4.69, 9.17) is 39.2 Å². The molecule has 3 rings (SSSR count). The standard InChI is InChI=1S/C20H15Cl3N2O4/c1-28-20(27)11-2-5-14(22)16(8-11)25-18(26)6-7-19-24-10-17(29-19)13-4-3-12(21)9-15(13)23/h2-5,8-10H,6-7H2,1H3,(H,25,26). The molecule has 0 fully saturated rings. The molecule has 0 aliphatic rings. The summed E-state index contributed by atoms with van der Waals surface area (Å²) in [5.41, 5.74) is 1.26. The highest BCUT2D eigenvalue weighted by Crippen LogP contribution is 2.31. The highest BCUT2D eigenvalue weighted by molar-refractivity contribution is 6.36. The number of amides is 1. The smallest absolute Gasteiger partial charge is 0.337 e. The minimum atomic E-state index is -0.523. The van der Waals surface area contributed by atoms with E-state index in [2.05, 4.69) is 15.0 Å². The minimum absolute atomic E-state index is 0.104. The van der Waals surface area contributed by atoms with Crippen LogP contribution in [-0.2, 0) is 16.0 Å². The third kappa shape index (κ3) is 5.29. The van der Waals surface area contributed by atoms with Crippen molar-refractivity contribution in [3.8, 4) is 11.3 Å². The molecule has 1 aromatic heterocycles. The molecular formula is C20H15Cl3N2O4. The number of anilines is 1. The number of oxazole rings is 1. The number of benzene rings is 2. The Morgan fingerprint density at radius 3 is 2.62 bits per heavy atom. The zero-order valence-electron chi connectivity index (χ0n) is 15.2. The van der Waals surface area contributed by atoms with E-state index in [1.54, 1.807) is 24.4 Å². The molecule has 0 spiro atoms. The number of methoxy groups -OCH3 is 1. The molecule has 150 valence electrons. The summed E-state index contributed by atoms with van der Waals surface area (Å²) in [6.45, 7) is 0. The molecule has 1 heterocycles. The second kappa shape index (κ2) is 9.31. The largest absolute Gasteiger partial charge is 0.465 e. The van der Waals surface area contributed by atoms with Gasteiger partial charge in [-0.25, -0.2) is 9.78 Å². The van der Waals surface area contributed by atoms with Gasteiger partial charge in [-0.15, -0.1) is 0 Å². The second-order valence-electron chi connectivity index (χ2n) is 5.98. The monoisotopic (exact) mass is 452 g/mol. The lowest BCUT2D eigenvalue weighted by Gasteiger charge is -2.08. The number of aryl methyl sites for hydroxylation is 1. The van der Waals surface area contributed by atoms with Gasteiger partial charge in [-0.1, -0.05) is 34.8 Å². The lowest BCUT2D eigenvalue weighted by atomic mass is 10.2. The van der Waals surface area contributed by atoms with Crippen LogP contribution in [0.4, 0.5) is 5.69 Å². The summed E-state index contributed by atoms with van der Waals surface area (Å²) in [6, 6.07) is 9.53. The van der Waals surface area contributed by atoms with Crippen LogP contribution in [0.2, 0.25) is 15.1 Å². The molecule has 0 radical (unpaired) electrons. The number of carbonyl (C=O) groups is 2. The van der Waals surface area contributed by atoms with Crippen LogP contribution in [0.25, 0.3) is 11.3 Å².